The standard InChI is InChI=1S/C34H40N2O5/c1-19(2)41-25-14-10-13-24(17-25)29-30(32(38)35-26-15-8-11-20(3)22(26)5)28(37)18-34(7,40)31(29)33(39)36-27-16-9-12-21(4)23(27)6/h8-17,19,29-31,40H,18H2,1-7H3,(H,35,38)(H,36,39). The van der Waals surface area contributed by atoms with Gasteiger partial charge < -0.3 is 20.5 Å². The molecule has 0 aromatic heterocycles. The van der Waals surface area contributed by atoms with Gasteiger partial charge in [-0.2, -0.15) is 0 Å². The van der Waals surface area contributed by atoms with Crippen molar-refractivity contribution in [1.29, 1.82) is 0 Å². The van der Waals surface area contributed by atoms with Gasteiger partial charge in [0, 0.05) is 23.7 Å². The van der Waals surface area contributed by atoms with Crippen molar-refractivity contribution in [1.82, 2.24) is 0 Å². The van der Waals surface area contributed by atoms with E-state index in [9.17, 15) is 19.5 Å². The number of Topliss-reactive ketones (excluding diaryl/α,β-unsaturated/α-hetero) is 1. The number of amides is 2. The van der Waals surface area contributed by atoms with E-state index in [1.165, 1.54) is 6.92 Å². The molecule has 0 radical (unpaired) electrons. The van der Waals surface area contributed by atoms with Crippen molar-refractivity contribution < 1.29 is 24.2 Å². The summed E-state index contributed by atoms with van der Waals surface area (Å²) in [6, 6.07) is 18.3. The SMILES string of the molecule is Cc1cccc(NC(=O)C2C(=O)CC(C)(O)C(C(=O)Nc3cccc(C)c3C)C2c2cccc(OC(C)C)c2)c1C. The Hall–Kier alpha value is -3.97. The fourth-order valence-electron chi connectivity index (χ4n) is 5.75. The van der Waals surface area contributed by atoms with E-state index in [4.69, 9.17) is 4.74 Å². The average Bonchev–Trinajstić information content (AvgIpc) is 2.88. The Kier molecular flexibility index (Phi) is 8.69. The summed E-state index contributed by atoms with van der Waals surface area (Å²) in [5, 5.41) is 17.6. The van der Waals surface area contributed by atoms with Crippen molar-refractivity contribution in [2.45, 2.75) is 72.5 Å². The Morgan fingerprint density at radius 1 is 0.878 bits per heavy atom. The predicted octanol–water partition coefficient (Wildman–Crippen LogP) is 6.02. The summed E-state index contributed by atoms with van der Waals surface area (Å²) in [5.74, 6) is -4.10. The molecule has 0 aliphatic heterocycles. The molecule has 1 saturated carbocycles. The molecule has 41 heavy (non-hydrogen) atoms. The van der Waals surface area contributed by atoms with Gasteiger partial charge in [0.05, 0.1) is 17.6 Å². The molecule has 4 unspecified atom stereocenters. The normalized spacial score (nSPS) is 22.4. The van der Waals surface area contributed by atoms with Gasteiger partial charge in [-0.1, -0.05) is 36.4 Å². The fraction of sp³-hybridized carbons (Fsp3) is 0.382. The van der Waals surface area contributed by atoms with Crippen molar-refractivity contribution in [3.8, 4) is 5.75 Å². The number of aliphatic hydroxyl groups is 1. The maximum atomic E-state index is 14.1. The number of anilines is 2. The number of hydrogen-bond acceptors (Lipinski definition) is 5. The van der Waals surface area contributed by atoms with E-state index >= 15 is 0 Å². The third-order valence-corrected chi connectivity index (χ3v) is 8.17. The highest BCUT2D eigenvalue weighted by molar-refractivity contribution is 6.10. The number of benzene rings is 3. The van der Waals surface area contributed by atoms with Crippen LogP contribution in [0.15, 0.2) is 60.7 Å². The van der Waals surface area contributed by atoms with Gasteiger partial charge in [-0.15, -0.1) is 0 Å². The monoisotopic (exact) mass is 556 g/mol. The van der Waals surface area contributed by atoms with Gasteiger partial charge in [0.25, 0.3) is 0 Å². The molecule has 0 spiro atoms. The molecule has 216 valence electrons. The lowest BCUT2D eigenvalue weighted by Gasteiger charge is -2.44. The molecule has 3 aromatic carbocycles. The summed E-state index contributed by atoms with van der Waals surface area (Å²) in [6.45, 7) is 13.0. The van der Waals surface area contributed by atoms with Crippen molar-refractivity contribution in [2.24, 2.45) is 11.8 Å². The van der Waals surface area contributed by atoms with Crippen LogP contribution >= 0.6 is 0 Å². The van der Waals surface area contributed by atoms with Crippen LogP contribution in [0.2, 0.25) is 0 Å². The van der Waals surface area contributed by atoms with Crippen molar-refractivity contribution >= 4 is 29.0 Å². The lowest BCUT2D eigenvalue weighted by molar-refractivity contribution is -0.150. The summed E-state index contributed by atoms with van der Waals surface area (Å²) in [7, 11) is 0. The quantitative estimate of drug-likeness (QED) is 0.309. The van der Waals surface area contributed by atoms with Gasteiger partial charge in [0.2, 0.25) is 11.8 Å². The fourth-order valence-corrected chi connectivity index (χ4v) is 5.75. The van der Waals surface area contributed by atoms with Gasteiger partial charge in [-0.05, 0) is 101 Å². The summed E-state index contributed by atoms with van der Waals surface area (Å²) in [4.78, 5) is 41.7. The Morgan fingerprint density at radius 2 is 1.41 bits per heavy atom. The highest BCUT2D eigenvalue weighted by Crippen LogP contribution is 2.47. The second-order valence-corrected chi connectivity index (χ2v) is 11.7. The molecular formula is C34H40N2O5. The molecule has 1 aliphatic rings. The number of nitrogens with one attached hydrogen (secondary N) is 2. The Balaban J connectivity index is 1.82. The molecule has 2 amide bonds. The van der Waals surface area contributed by atoms with Gasteiger partial charge in [-0.3, -0.25) is 14.4 Å². The second kappa shape index (κ2) is 11.9. The van der Waals surface area contributed by atoms with Crippen molar-refractivity contribution in [2.75, 3.05) is 10.6 Å². The Morgan fingerprint density at radius 3 is 1.98 bits per heavy atom. The number of ketones is 1. The molecule has 0 saturated heterocycles. The second-order valence-electron chi connectivity index (χ2n) is 11.7. The largest absolute Gasteiger partial charge is 0.491 e. The van der Waals surface area contributed by atoms with Gasteiger partial charge in [-0.25, -0.2) is 0 Å². The van der Waals surface area contributed by atoms with Crippen LogP contribution in [-0.2, 0) is 14.4 Å². The zero-order chi connectivity index (χ0) is 30.1. The zero-order valence-electron chi connectivity index (χ0n) is 24.9. The summed E-state index contributed by atoms with van der Waals surface area (Å²) < 4.78 is 5.92. The summed E-state index contributed by atoms with van der Waals surface area (Å²) in [6.07, 6.45) is -0.435. The Labute approximate surface area is 242 Å². The van der Waals surface area contributed by atoms with Crippen LogP contribution in [0.5, 0.6) is 5.75 Å². The first-order chi connectivity index (χ1) is 19.3. The van der Waals surface area contributed by atoms with Gasteiger partial charge in [0.15, 0.2) is 0 Å². The summed E-state index contributed by atoms with van der Waals surface area (Å²) >= 11 is 0. The number of ether oxygens (including phenoxy) is 1. The first-order valence-electron chi connectivity index (χ1n) is 14.1. The number of carbonyl (C=O) groups excluding carboxylic acids is 3. The average molecular weight is 557 g/mol. The summed E-state index contributed by atoms with van der Waals surface area (Å²) in [5.41, 5.74) is 3.90. The maximum Gasteiger partial charge on any atom is 0.235 e. The van der Waals surface area contributed by atoms with Gasteiger partial charge in [0.1, 0.15) is 17.5 Å². The number of carbonyl (C=O) groups is 3. The molecule has 3 aromatic rings. The predicted molar refractivity (Wildman–Crippen MR) is 161 cm³/mol. The van der Waals surface area contributed by atoms with Crippen LogP contribution in [0.4, 0.5) is 11.4 Å². The third-order valence-electron chi connectivity index (χ3n) is 8.17. The molecule has 4 rings (SSSR count). The molecule has 0 heterocycles. The van der Waals surface area contributed by atoms with Crippen molar-refractivity contribution in [3.05, 3.63) is 88.5 Å². The third kappa shape index (κ3) is 6.35. The molecule has 4 atom stereocenters. The van der Waals surface area contributed by atoms with Crippen LogP contribution in [0.25, 0.3) is 0 Å². The number of hydrogen-bond donors (Lipinski definition) is 3. The Bertz CT molecular complexity index is 1480. The van der Waals surface area contributed by atoms with E-state index in [-0.39, 0.29) is 12.5 Å². The van der Waals surface area contributed by atoms with E-state index < -0.39 is 41.0 Å². The van der Waals surface area contributed by atoms with Crippen LogP contribution in [-0.4, -0.2) is 34.4 Å². The molecule has 1 fully saturated rings. The van der Waals surface area contributed by atoms with E-state index in [2.05, 4.69) is 10.6 Å². The lowest BCUT2D eigenvalue weighted by Crippen LogP contribution is -2.56. The molecule has 0 bridgehead atoms. The van der Waals surface area contributed by atoms with E-state index in [0.29, 0.717) is 22.7 Å². The molecule has 7 heteroatoms. The molecule has 3 N–H and O–H groups in total. The van der Waals surface area contributed by atoms with Crippen LogP contribution in [0, 0.1) is 39.5 Å². The minimum atomic E-state index is -1.70. The van der Waals surface area contributed by atoms with E-state index in [0.717, 1.165) is 22.3 Å². The number of rotatable bonds is 7. The van der Waals surface area contributed by atoms with Crippen LogP contribution < -0.4 is 15.4 Å². The topological polar surface area (TPSA) is 105 Å². The highest BCUT2D eigenvalue weighted by Gasteiger charge is 2.56. The number of aryl methyl sites for hydroxylation is 2. The first kappa shape index (κ1) is 30.0. The lowest BCUT2D eigenvalue weighted by atomic mass is 9.61. The minimum Gasteiger partial charge on any atom is -0.491 e. The first-order valence-corrected chi connectivity index (χ1v) is 14.1. The van der Waals surface area contributed by atoms with E-state index in [1.807, 2.05) is 65.8 Å². The highest BCUT2D eigenvalue weighted by atomic mass is 16.5. The molecular weight excluding hydrogens is 516 g/mol. The zero-order valence-corrected chi connectivity index (χ0v) is 24.9. The minimum absolute atomic E-state index is 0.104. The molecule has 7 nitrogen and oxygen atoms in total. The van der Waals surface area contributed by atoms with Crippen molar-refractivity contribution in [3.63, 3.8) is 0 Å². The van der Waals surface area contributed by atoms with Crippen LogP contribution in [0.1, 0.15) is 60.9 Å². The smallest absolute Gasteiger partial charge is 0.235 e. The van der Waals surface area contributed by atoms with Gasteiger partial charge >= 0.3 is 0 Å². The molecule has 1 aliphatic carbocycles. The maximum absolute atomic E-state index is 14.1. The van der Waals surface area contributed by atoms with E-state index in [1.54, 1.807) is 36.4 Å². The van der Waals surface area contributed by atoms with Crippen LogP contribution in [0.3, 0.4) is 0 Å².